The Labute approximate surface area is 81.0 Å². The highest BCUT2D eigenvalue weighted by atomic mass is 32.1. The topological polar surface area (TPSA) is 18.5 Å². The smallest absolute Gasteiger partial charge is 0.0707 e. The molecule has 0 aromatic carbocycles. The van der Waals surface area contributed by atoms with Gasteiger partial charge in [0.05, 0.1) is 25.4 Å². The molecule has 0 radical (unpaired) electrons. The number of thiol groups is 1. The second-order valence-corrected chi connectivity index (χ2v) is 3.74. The van der Waals surface area contributed by atoms with E-state index >= 15 is 0 Å². The summed E-state index contributed by atoms with van der Waals surface area (Å²) in [7, 11) is 0. The number of hydrogen-bond acceptors (Lipinski definition) is 3. The summed E-state index contributed by atoms with van der Waals surface area (Å²) in [4.78, 5) is 0. The molecule has 0 aromatic heterocycles. The minimum absolute atomic E-state index is 0.00960. The van der Waals surface area contributed by atoms with E-state index in [-0.39, 0.29) is 5.60 Å². The van der Waals surface area contributed by atoms with Crippen LogP contribution in [0, 0.1) is 0 Å². The van der Waals surface area contributed by atoms with Crippen molar-refractivity contribution in [3.8, 4) is 0 Å². The largest absolute Gasteiger partial charge is 0.378 e. The minimum atomic E-state index is -0.00960. The maximum Gasteiger partial charge on any atom is 0.0707 e. The maximum absolute atomic E-state index is 5.58. The highest BCUT2D eigenvalue weighted by Crippen LogP contribution is 2.12. The first-order chi connectivity index (χ1) is 5.62. The highest BCUT2D eigenvalue weighted by Gasteiger charge is 2.14. The van der Waals surface area contributed by atoms with Crippen LogP contribution >= 0.6 is 12.6 Å². The molecule has 0 amide bonds. The van der Waals surface area contributed by atoms with Gasteiger partial charge in [-0.2, -0.15) is 12.6 Å². The second-order valence-electron chi connectivity index (χ2n) is 3.30. The van der Waals surface area contributed by atoms with Crippen molar-refractivity contribution in [3.05, 3.63) is 0 Å². The van der Waals surface area contributed by atoms with Crippen LogP contribution in [0.25, 0.3) is 0 Å². The van der Waals surface area contributed by atoms with Crippen molar-refractivity contribution in [2.24, 2.45) is 0 Å². The number of rotatable bonds is 7. The molecule has 0 fully saturated rings. The molecule has 0 atom stereocenters. The lowest BCUT2D eigenvalue weighted by Gasteiger charge is -2.23. The lowest BCUT2D eigenvalue weighted by molar-refractivity contribution is -0.0459. The monoisotopic (exact) mass is 192 g/mol. The van der Waals surface area contributed by atoms with Crippen molar-refractivity contribution < 1.29 is 9.47 Å². The molecular weight excluding hydrogens is 172 g/mol. The van der Waals surface area contributed by atoms with Crippen molar-refractivity contribution in [1.82, 2.24) is 0 Å². The third-order valence-corrected chi connectivity index (χ3v) is 1.99. The van der Waals surface area contributed by atoms with E-state index in [9.17, 15) is 0 Å². The zero-order valence-corrected chi connectivity index (χ0v) is 9.19. The Bertz CT molecular complexity index is 105. The molecule has 0 aliphatic carbocycles. The second kappa shape index (κ2) is 6.75. The predicted molar refractivity (Wildman–Crippen MR) is 55.0 cm³/mol. The molecule has 0 saturated heterocycles. The molecule has 0 bridgehead atoms. The number of ether oxygens (including phenoxy) is 2. The molecule has 0 saturated carbocycles. The van der Waals surface area contributed by atoms with Gasteiger partial charge in [0, 0.05) is 5.75 Å². The van der Waals surface area contributed by atoms with Crippen LogP contribution in [0.3, 0.4) is 0 Å². The molecule has 0 N–H and O–H groups in total. The van der Waals surface area contributed by atoms with E-state index in [0.717, 1.165) is 12.2 Å². The summed E-state index contributed by atoms with van der Waals surface area (Å²) in [6, 6.07) is 0. The third kappa shape index (κ3) is 6.95. The average molecular weight is 192 g/mol. The van der Waals surface area contributed by atoms with Gasteiger partial charge in [0.15, 0.2) is 0 Å². The van der Waals surface area contributed by atoms with Crippen LogP contribution in [0.2, 0.25) is 0 Å². The van der Waals surface area contributed by atoms with E-state index in [4.69, 9.17) is 9.47 Å². The van der Waals surface area contributed by atoms with Gasteiger partial charge < -0.3 is 9.47 Å². The normalized spacial score (nSPS) is 12.0. The molecule has 0 aliphatic rings. The van der Waals surface area contributed by atoms with Gasteiger partial charge in [0.2, 0.25) is 0 Å². The van der Waals surface area contributed by atoms with Crippen molar-refractivity contribution >= 4 is 12.6 Å². The van der Waals surface area contributed by atoms with Crippen molar-refractivity contribution in [3.63, 3.8) is 0 Å². The first-order valence-corrected chi connectivity index (χ1v) is 5.08. The van der Waals surface area contributed by atoms with E-state index in [1.807, 2.05) is 0 Å². The lowest BCUT2D eigenvalue weighted by atomic mass is 10.1. The summed E-state index contributed by atoms with van der Waals surface area (Å²) in [6.07, 6.45) is 1.03. The van der Waals surface area contributed by atoms with E-state index in [1.54, 1.807) is 0 Å². The van der Waals surface area contributed by atoms with E-state index in [1.165, 1.54) is 0 Å². The Balaban J connectivity index is 3.19. The summed E-state index contributed by atoms with van der Waals surface area (Å²) in [5.41, 5.74) is -0.00960. The van der Waals surface area contributed by atoms with Gasteiger partial charge in [-0.1, -0.05) is 6.92 Å². The molecule has 0 rings (SSSR count). The fourth-order valence-corrected chi connectivity index (χ4v) is 0.775. The highest BCUT2D eigenvalue weighted by molar-refractivity contribution is 7.80. The SMILES string of the molecule is CCC(C)(C)OCCOCCS. The molecule has 0 unspecified atom stereocenters. The quantitative estimate of drug-likeness (QED) is 0.492. The maximum atomic E-state index is 5.58. The average Bonchev–Trinajstić information content (AvgIpc) is 2.04. The van der Waals surface area contributed by atoms with Gasteiger partial charge in [-0.3, -0.25) is 0 Å². The molecule has 2 nitrogen and oxygen atoms in total. The van der Waals surface area contributed by atoms with Crippen LogP contribution in [0.4, 0.5) is 0 Å². The molecule has 0 aromatic rings. The molecule has 74 valence electrons. The molecule has 0 heterocycles. The Morgan fingerprint density at radius 3 is 2.33 bits per heavy atom. The summed E-state index contributed by atoms with van der Waals surface area (Å²) < 4.78 is 10.8. The van der Waals surface area contributed by atoms with Crippen molar-refractivity contribution in [2.75, 3.05) is 25.6 Å². The van der Waals surface area contributed by atoms with Crippen molar-refractivity contribution in [1.29, 1.82) is 0 Å². The zero-order valence-electron chi connectivity index (χ0n) is 8.30. The Kier molecular flexibility index (Phi) is 6.90. The fourth-order valence-electron chi connectivity index (χ4n) is 0.646. The number of hydrogen-bond donors (Lipinski definition) is 1. The van der Waals surface area contributed by atoms with Gasteiger partial charge in [-0.05, 0) is 20.3 Å². The summed E-state index contributed by atoms with van der Waals surface area (Å²) >= 11 is 4.03. The van der Waals surface area contributed by atoms with E-state index < -0.39 is 0 Å². The van der Waals surface area contributed by atoms with Crippen LogP contribution < -0.4 is 0 Å². The van der Waals surface area contributed by atoms with Crippen molar-refractivity contribution in [2.45, 2.75) is 32.8 Å². The lowest BCUT2D eigenvalue weighted by Crippen LogP contribution is -2.25. The van der Waals surface area contributed by atoms with Crippen LogP contribution in [0.5, 0.6) is 0 Å². The summed E-state index contributed by atoms with van der Waals surface area (Å²) in [5, 5.41) is 0. The molecule has 12 heavy (non-hydrogen) atoms. The van der Waals surface area contributed by atoms with Gasteiger partial charge in [0.25, 0.3) is 0 Å². The Morgan fingerprint density at radius 2 is 1.83 bits per heavy atom. The van der Waals surface area contributed by atoms with E-state index in [2.05, 4.69) is 33.4 Å². The standard InChI is InChI=1S/C9H20O2S/c1-4-9(2,3)11-6-5-10-7-8-12/h12H,4-8H2,1-3H3. The van der Waals surface area contributed by atoms with Crippen LogP contribution in [-0.2, 0) is 9.47 Å². The van der Waals surface area contributed by atoms with E-state index in [0.29, 0.717) is 19.8 Å². The van der Waals surface area contributed by atoms with Crippen LogP contribution in [0.1, 0.15) is 27.2 Å². The summed E-state index contributed by atoms with van der Waals surface area (Å²) in [5.74, 6) is 0.775. The minimum Gasteiger partial charge on any atom is -0.378 e. The fraction of sp³-hybridized carbons (Fsp3) is 1.00. The molecule has 0 spiro atoms. The molecule has 3 heteroatoms. The Hall–Kier alpha value is 0.270. The van der Waals surface area contributed by atoms with Gasteiger partial charge in [-0.25, -0.2) is 0 Å². The summed E-state index contributed by atoms with van der Waals surface area (Å²) in [6.45, 7) is 8.35. The van der Waals surface area contributed by atoms with Crippen LogP contribution in [-0.4, -0.2) is 31.2 Å². The third-order valence-electron chi connectivity index (χ3n) is 1.81. The van der Waals surface area contributed by atoms with Gasteiger partial charge in [0.1, 0.15) is 0 Å². The molecular formula is C9H20O2S. The first kappa shape index (κ1) is 12.3. The van der Waals surface area contributed by atoms with Crippen LogP contribution in [0.15, 0.2) is 0 Å². The molecule has 0 aliphatic heterocycles. The predicted octanol–water partition coefficient (Wildman–Crippen LogP) is 2.14. The van der Waals surface area contributed by atoms with Gasteiger partial charge >= 0.3 is 0 Å². The zero-order chi connectivity index (χ0) is 9.45. The Morgan fingerprint density at radius 1 is 1.17 bits per heavy atom. The van der Waals surface area contributed by atoms with Gasteiger partial charge in [-0.15, -0.1) is 0 Å². The first-order valence-electron chi connectivity index (χ1n) is 4.45.